The Kier molecular flexibility index (Phi) is 2.64. The third-order valence-electron chi connectivity index (χ3n) is 2.53. The summed E-state index contributed by atoms with van der Waals surface area (Å²) in [7, 11) is 0. The lowest BCUT2D eigenvalue weighted by atomic mass is 9.90. The molecule has 0 radical (unpaired) electrons. The number of nitrogens with two attached hydrogens (primary N) is 1. The van der Waals surface area contributed by atoms with Crippen molar-refractivity contribution in [1.82, 2.24) is 9.78 Å². The summed E-state index contributed by atoms with van der Waals surface area (Å²) in [5.74, 6) is 0.645. The average Bonchev–Trinajstić information content (AvgIpc) is 2.30. The number of hydrogen-bond acceptors (Lipinski definition) is 2. The van der Waals surface area contributed by atoms with Crippen molar-refractivity contribution >= 4 is 5.82 Å². The molecule has 3 nitrogen and oxygen atoms in total. The summed E-state index contributed by atoms with van der Waals surface area (Å²) in [6.07, 6.45) is 3.15. The van der Waals surface area contributed by atoms with Crippen LogP contribution in [0.5, 0.6) is 0 Å². The van der Waals surface area contributed by atoms with Gasteiger partial charge in [0.1, 0.15) is 5.82 Å². The van der Waals surface area contributed by atoms with E-state index in [-0.39, 0.29) is 0 Å². The molecule has 0 aromatic carbocycles. The van der Waals surface area contributed by atoms with Crippen LogP contribution in [0.15, 0.2) is 6.20 Å². The molecule has 0 saturated heterocycles. The highest BCUT2D eigenvalue weighted by molar-refractivity contribution is 5.35. The topological polar surface area (TPSA) is 43.8 Å². The van der Waals surface area contributed by atoms with Crippen molar-refractivity contribution in [2.24, 2.45) is 5.41 Å². The molecule has 0 aliphatic carbocycles. The summed E-state index contributed by atoms with van der Waals surface area (Å²) in [6.45, 7) is 9.58. The monoisotopic (exact) mass is 181 g/mol. The van der Waals surface area contributed by atoms with Gasteiger partial charge in [-0.1, -0.05) is 20.8 Å². The van der Waals surface area contributed by atoms with Crippen LogP contribution < -0.4 is 5.73 Å². The van der Waals surface area contributed by atoms with Crippen molar-refractivity contribution in [1.29, 1.82) is 0 Å². The van der Waals surface area contributed by atoms with E-state index in [0.717, 1.165) is 18.5 Å². The minimum Gasteiger partial charge on any atom is -0.382 e. The summed E-state index contributed by atoms with van der Waals surface area (Å²) in [4.78, 5) is 0. The highest BCUT2D eigenvalue weighted by Gasteiger charge is 2.16. The molecule has 0 amide bonds. The van der Waals surface area contributed by atoms with Crippen LogP contribution in [0.1, 0.15) is 32.8 Å². The molecule has 0 aliphatic heterocycles. The number of nitrogen functional groups attached to an aromatic ring is 1. The third kappa shape index (κ3) is 2.47. The molecule has 1 aromatic heterocycles. The number of rotatable bonds is 3. The van der Waals surface area contributed by atoms with Crippen molar-refractivity contribution < 1.29 is 0 Å². The number of anilines is 1. The third-order valence-corrected chi connectivity index (χ3v) is 2.53. The molecule has 0 saturated carbocycles. The van der Waals surface area contributed by atoms with Gasteiger partial charge in [0.15, 0.2) is 0 Å². The summed E-state index contributed by atoms with van der Waals surface area (Å²) >= 11 is 0. The zero-order chi connectivity index (χ0) is 10.1. The van der Waals surface area contributed by atoms with Crippen LogP contribution in [0.3, 0.4) is 0 Å². The van der Waals surface area contributed by atoms with E-state index in [1.54, 1.807) is 0 Å². The predicted octanol–water partition coefficient (Wildman–Crippen LogP) is 2.21. The maximum absolute atomic E-state index is 5.67. The highest BCUT2D eigenvalue weighted by Crippen LogP contribution is 2.22. The molecule has 0 fully saturated rings. The fraction of sp³-hybridized carbons (Fsp3) is 0.700. The molecule has 0 atom stereocenters. The Morgan fingerprint density at radius 2 is 2.15 bits per heavy atom. The Hall–Kier alpha value is -0.990. The first-order valence-corrected chi connectivity index (χ1v) is 4.74. The van der Waals surface area contributed by atoms with Gasteiger partial charge in [-0.05, 0) is 18.8 Å². The summed E-state index contributed by atoms with van der Waals surface area (Å²) in [6, 6.07) is 0. The van der Waals surface area contributed by atoms with E-state index in [4.69, 9.17) is 5.73 Å². The van der Waals surface area contributed by atoms with Crippen LogP contribution in [0, 0.1) is 12.3 Å². The lowest BCUT2D eigenvalue weighted by molar-refractivity contribution is 0.281. The van der Waals surface area contributed by atoms with Crippen molar-refractivity contribution in [3.05, 3.63) is 11.8 Å². The molecular weight excluding hydrogens is 162 g/mol. The van der Waals surface area contributed by atoms with Crippen molar-refractivity contribution in [3.63, 3.8) is 0 Å². The summed E-state index contributed by atoms with van der Waals surface area (Å²) in [5, 5.41) is 4.24. The van der Waals surface area contributed by atoms with Gasteiger partial charge in [0, 0.05) is 18.3 Å². The van der Waals surface area contributed by atoms with Gasteiger partial charge in [0.2, 0.25) is 0 Å². The molecule has 0 unspecified atom stereocenters. The van der Waals surface area contributed by atoms with Crippen LogP contribution in [0.4, 0.5) is 5.82 Å². The molecule has 0 bridgehead atoms. The SMILES string of the molecule is CCC(C)(C)Cn1cc(C)c(N)n1. The van der Waals surface area contributed by atoms with Crippen molar-refractivity contribution in [2.45, 2.75) is 40.7 Å². The maximum Gasteiger partial charge on any atom is 0.148 e. The van der Waals surface area contributed by atoms with Crippen LogP contribution in [-0.4, -0.2) is 9.78 Å². The van der Waals surface area contributed by atoms with Gasteiger partial charge in [-0.2, -0.15) is 5.10 Å². The molecule has 1 heterocycles. The molecule has 74 valence electrons. The number of hydrogen-bond donors (Lipinski definition) is 1. The first-order valence-electron chi connectivity index (χ1n) is 4.74. The van der Waals surface area contributed by atoms with Crippen LogP contribution in [0.2, 0.25) is 0 Å². The molecule has 0 spiro atoms. The lowest BCUT2D eigenvalue weighted by Crippen LogP contribution is -2.19. The molecule has 0 aliphatic rings. The Bertz CT molecular complexity index is 267. The Morgan fingerprint density at radius 1 is 1.54 bits per heavy atom. The highest BCUT2D eigenvalue weighted by atomic mass is 15.3. The van der Waals surface area contributed by atoms with E-state index >= 15 is 0 Å². The second-order valence-electron chi connectivity index (χ2n) is 4.41. The molecule has 13 heavy (non-hydrogen) atoms. The van der Waals surface area contributed by atoms with E-state index in [2.05, 4.69) is 25.9 Å². The maximum atomic E-state index is 5.67. The van der Waals surface area contributed by atoms with E-state index in [9.17, 15) is 0 Å². The zero-order valence-corrected chi connectivity index (χ0v) is 8.96. The fourth-order valence-electron chi connectivity index (χ4n) is 1.17. The van der Waals surface area contributed by atoms with Gasteiger partial charge in [0.05, 0.1) is 0 Å². The van der Waals surface area contributed by atoms with Gasteiger partial charge in [-0.15, -0.1) is 0 Å². The Morgan fingerprint density at radius 3 is 2.54 bits per heavy atom. The first kappa shape index (κ1) is 10.1. The minimum absolute atomic E-state index is 0.297. The van der Waals surface area contributed by atoms with E-state index < -0.39 is 0 Å². The second kappa shape index (κ2) is 3.40. The zero-order valence-electron chi connectivity index (χ0n) is 8.96. The van der Waals surface area contributed by atoms with E-state index in [1.807, 2.05) is 17.8 Å². The first-order chi connectivity index (χ1) is 5.94. The molecular formula is C10H19N3. The number of aryl methyl sites for hydroxylation is 1. The summed E-state index contributed by atoms with van der Waals surface area (Å²) in [5.41, 5.74) is 7.03. The molecule has 1 aromatic rings. The normalized spacial score (nSPS) is 12.0. The van der Waals surface area contributed by atoms with Crippen molar-refractivity contribution in [2.75, 3.05) is 5.73 Å². The van der Waals surface area contributed by atoms with Gasteiger partial charge in [-0.25, -0.2) is 0 Å². The smallest absolute Gasteiger partial charge is 0.148 e. The minimum atomic E-state index is 0.297. The van der Waals surface area contributed by atoms with Gasteiger partial charge >= 0.3 is 0 Å². The van der Waals surface area contributed by atoms with Gasteiger partial charge < -0.3 is 5.73 Å². The Balaban J connectivity index is 2.75. The second-order valence-corrected chi connectivity index (χ2v) is 4.41. The van der Waals surface area contributed by atoms with E-state index in [1.165, 1.54) is 0 Å². The fourth-order valence-corrected chi connectivity index (χ4v) is 1.17. The average molecular weight is 181 g/mol. The standard InChI is InChI=1S/C10H19N3/c1-5-10(3,4)7-13-6-8(2)9(11)12-13/h6H,5,7H2,1-4H3,(H2,11,12). The molecule has 2 N–H and O–H groups in total. The largest absolute Gasteiger partial charge is 0.382 e. The number of aromatic nitrogens is 2. The number of nitrogens with zero attached hydrogens (tertiary/aromatic N) is 2. The predicted molar refractivity (Wildman–Crippen MR) is 55.4 cm³/mol. The van der Waals surface area contributed by atoms with Gasteiger partial charge in [0.25, 0.3) is 0 Å². The molecule has 1 rings (SSSR count). The van der Waals surface area contributed by atoms with Crippen LogP contribution in [0.25, 0.3) is 0 Å². The lowest BCUT2D eigenvalue weighted by Gasteiger charge is -2.21. The molecule has 3 heteroatoms. The Labute approximate surface area is 79.9 Å². The van der Waals surface area contributed by atoms with E-state index in [0.29, 0.717) is 11.2 Å². The quantitative estimate of drug-likeness (QED) is 0.777. The van der Waals surface area contributed by atoms with Crippen molar-refractivity contribution in [3.8, 4) is 0 Å². The van der Waals surface area contributed by atoms with Crippen LogP contribution >= 0.6 is 0 Å². The summed E-state index contributed by atoms with van der Waals surface area (Å²) < 4.78 is 1.94. The van der Waals surface area contributed by atoms with Gasteiger partial charge in [-0.3, -0.25) is 4.68 Å². The van der Waals surface area contributed by atoms with Crippen LogP contribution in [-0.2, 0) is 6.54 Å².